The second-order valence-corrected chi connectivity index (χ2v) is 12.5. The van der Waals surface area contributed by atoms with E-state index in [0.717, 1.165) is 44.2 Å². The monoisotopic (exact) mass is 698 g/mol. The molecule has 1 fully saturated rings. The van der Waals surface area contributed by atoms with Crippen molar-refractivity contribution in [2.45, 2.75) is 104 Å². The Morgan fingerprint density at radius 2 is 1.60 bits per heavy atom. The zero-order valence-electron chi connectivity index (χ0n) is 30.9. The molecule has 0 bridgehead atoms. The standard InChI is InChI=1S/C25H34N6O4.C12H19N.C2H6.4H2/c1-3-21(32)29-19(23(26)33)15-16-9-11-18(12-10-16)28-25(35)22(17-7-5-4-6-8-17)30-24(34)20-13-14-27-31(20)2;1-3-4-10-13(2)11-12-8-6-5-7-9-12;1-2;;;;/h9-14,17,19,22H,3-8,15H2,1-2H3,(H2,26,33)(H,28,35)(H,29,32)(H,30,34);5-9H,3-4,10-11H2,1-2H3;1-2H3;4*1H/t19-,22+;;;;;;/m1....../s1. The van der Waals surface area contributed by atoms with Crippen LogP contribution in [0.15, 0.2) is 66.9 Å². The smallest absolute Gasteiger partial charge is 0.270 e. The van der Waals surface area contributed by atoms with Crippen LogP contribution in [0.3, 0.4) is 0 Å². The van der Waals surface area contributed by atoms with Crippen LogP contribution >= 0.6 is 0 Å². The Labute approximate surface area is 304 Å². The predicted molar refractivity (Wildman–Crippen MR) is 209 cm³/mol. The average Bonchev–Trinajstić information content (AvgIpc) is 3.57. The van der Waals surface area contributed by atoms with Gasteiger partial charge in [0.1, 0.15) is 17.8 Å². The molecule has 0 radical (unpaired) electrons. The van der Waals surface area contributed by atoms with Crippen molar-refractivity contribution in [3.63, 3.8) is 0 Å². The largest absolute Gasteiger partial charge is 0.368 e. The highest BCUT2D eigenvalue weighted by Crippen LogP contribution is 2.27. The molecular weight excluding hydrogens is 630 g/mol. The Bertz CT molecular complexity index is 1460. The summed E-state index contributed by atoms with van der Waals surface area (Å²) < 4.78 is 1.48. The minimum Gasteiger partial charge on any atom is -0.368 e. The van der Waals surface area contributed by atoms with Crippen molar-refractivity contribution in [1.29, 1.82) is 0 Å². The lowest BCUT2D eigenvalue weighted by atomic mass is 9.83. The van der Waals surface area contributed by atoms with Crippen LogP contribution in [-0.2, 0) is 34.4 Å². The maximum atomic E-state index is 13.3. The zero-order chi connectivity index (χ0) is 36.9. The lowest BCUT2D eigenvalue weighted by Gasteiger charge is -2.30. The number of unbranched alkanes of at least 4 members (excludes halogenated alkanes) is 1. The number of aryl methyl sites for hydroxylation is 1. The molecule has 1 saturated carbocycles. The quantitative estimate of drug-likeness (QED) is 0.141. The molecule has 3 aromatic rings. The number of amides is 4. The predicted octanol–water partition coefficient (Wildman–Crippen LogP) is 6.59. The van der Waals surface area contributed by atoms with Gasteiger partial charge in [0, 0.05) is 44.0 Å². The van der Waals surface area contributed by atoms with Crippen LogP contribution in [0, 0.1) is 5.92 Å². The molecule has 50 heavy (non-hydrogen) atoms. The molecule has 5 N–H and O–H groups in total. The van der Waals surface area contributed by atoms with E-state index in [1.54, 1.807) is 50.5 Å². The van der Waals surface area contributed by atoms with E-state index < -0.39 is 18.0 Å². The molecule has 2 aromatic carbocycles. The Hall–Kier alpha value is -4.51. The number of hydrogen-bond donors (Lipinski definition) is 4. The summed E-state index contributed by atoms with van der Waals surface area (Å²) in [5.74, 6) is -1.41. The molecule has 1 aliphatic rings. The molecule has 282 valence electrons. The molecule has 4 amide bonds. The number of anilines is 1. The highest BCUT2D eigenvalue weighted by Gasteiger charge is 2.32. The molecule has 1 heterocycles. The third kappa shape index (κ3) is 14.5. The van der Waals surface area contributed by atoms with Crippen LogP contribution in [0.4, 0.5) is 5.69 Å². The number of benzene rings is 2. The fourth-order valence-electron chi connectivity index (χ4n) is 5.78. The van der Waals surface area contributed by atoms with E-state index in [1.807, 2.05) is 13.8 Å². The molecular formula is C39H67N7O4. The molecule has 0 spiro atoms. The normalized spacial score (nSPS) is 13.8. The van der Waals surface area contributed by atoms with E-state index in [2.05, 4.69) is 70.3 Å². The number of rotatable bonds is 15. The summed E-state index contributed by atoms with van der Waals surface area (Å²) in [6.07, 6.45) is 9.56. The maximum absolute atomic E-state index is 13.3. The SMILES string of the molecule is CC.CCC(=O)N[C@H](Cc1ccc(NC(=O)[C@@H](NC(=O)c2ccnn2C)C2CCCCC2)cc1)C(N)=O.CCCCN(C)Cc1ccccc1.[HH].[HH].[HH].[HH]. The van der Waals surface area contributed by atoms with Crippen LogP contribution in [0.2, 0.25) is 0 Å². The maximum Gasteiger partial charge on any atom is 0.270 e. The molecule has 1 aliphatic carbocycles. The van der Waals surface area contributed by atoms with Gasteiger partial charge >= 0.3 is 0 Å². The first-order chi connectivity index (χ1) is 24.1. The molecule has 4 rings (SSSR count). The summed E-state index contributed by atoms with van der Waals surface area (Å²) >= 11 is 0. The van der Waals surface area contributed by atoms with Crippen molar-refractivity contribution in [3.8, 4) is 0 Å². The van der Waals surface area contributed by atoms with Crippen molar-refractivity contribution in [1.82, 2.24) is 25.3 Å². The third-order valence-corrected chi connectivity index (χ3v) is 8.59. The summed E-state index contributed by atoms with van der Waals surface area (Å²) in [6.45, 7) is 10.2. The molecule has 0 aliphatic heterocycles. The highest BCUT2D eigenvalue weighted by molar-refractivity contribution is 6.00. The van der Waals surface area contributed by atoms with Crippen LogP contribution in [-0.4, -0.2) is 64.0 Å². The lowest BCUT2D eigenvalue weighted by molar-refractivity contribution is -0.127. The third-order valence-electron chi connectivity index (χ3n) is 8.59. The first kappa shape index (κ1) is 41.7. The number of nitrogens with one attached hydrogen (secondary N) is 3. The summed E-state index contributed by atoms with van der Waals surface area (Å²) in [5, 5.41) is 12.5. The fourth-order valence-corrected chi connectivity index (χ4v) is 5.78. The van der Waals surface area contributed by atoms with Gasteiger partial charge in [-0.25, -0.2) is 0 Å². The number of nitrogens with zero attached hydrogens (tertiary/aromatic N) is 3. The minimum atomic E-state index is -0.805. The zero-order valence-corrected chi connectivity index (χ0v) is 30.9. The van der Waals surface area contributed by atoms with E-state index >= 15 is 0 Å². The highest BCUT2D eigenvalue weighted by atomic mass is 16.2. The minimum absolute atomic E-state index is 0. The molecule has 1 aromatic heterocycles. The summed E-state index contributed by atoms with van der Waals surface area (Å²) in [4.78, 5) is 51.8. The van der Waals surface area contributed by atoms with Crippen LogP contribution in [0.25, 0.3) is 0 Å². The van der Waals surface area contributed by atoms with Gasteiger partial charge in [0.2, 0.25) is 17.7 Å². The van der Waals surface area contributed by atoms with E-state index in [9.17, 15) is 19.2 Å². The first-order valence-corrected chi connectivity index (χ1v) is 18.1. The van der Waals surface area contributed by atoms with Crippen LogP contribution in [0.1, 0.15) is 106 Å². The van der Waals surface area contributed by atoms with Crippen LogP contribution < -0.4 is 21.7 Å². The Morgan fingerprint density at radius 3 is 2.16 bits per heavy atom. The summed E-state index contributed by atoms with van der Waals surface area (Å²) in [5.41, 5.74) is 8.58. The molecule has 0 saturated heterocycles. The van der Waals surface area contributed by atoms with Crippen molar-refractivity contribution < 1.29 is 24.9 Å². The van der Waals surface area contributed by atoms with Gasteiger partial charge < -0.3 is 26.6 Å². The van der Waals surface area contributed by atoms with Crippen molar-refractivity contribution in [2.75, 3.05) is 18.9 Å². The van der Waals surface area contributed by atoms with E-state index in [1.165, 1.54) is 29.6 Å². The Kier molecular flexibility index (Phi) is 19.2. The second kappa shape index (κ2) is 23.0. The molecule has 0 unspecified atom stereocenters. The number of hydrogen-bond acceptors (Lipinski definition) is 6. The van der Waals surface area contributed by atoms with Gasteiger partial charge in [-0.15, -0.1) is 0 Å². The number of primary amides is 1. The van der Waals surface area contributed by atoms with Gasteiger partial charge in [-0.2, -0.15) is 5.10 Å². The van der Waals surface area contributed by atoms with Gasteiger partial charge in [0.05, 0.1) is 0 Å². The number of nitrogens with two attached hydrogens (primary N) is 1. The Balaban J connectivity index is -0.00000116. The summed E-state index contributed by atoms with van der Waals surface area (Å²) in [6, 6.07) is 17.8. The van der Waals surface area contributed by atoms with Crippen LogP contribution in [0.5, 0.6) is 0 Å². The molecule has 11 nitrogen and oxygen atoms in total. The fraction of sp³-hybridized carbons (Fsp3) is 0.513. The summed E-state index contributed by atoms with van der Waals surface area (Å²) in [7, 11) is 3.87. The number of carbonyl (C=O) groups is 4. The average molecular weight is 698 g/mol. The van der Waals surface area contributed by atoms with E-state index in [-0.39, 0.29) is 42.2 Å². The van der Waals surface area contributed by atoms with Gasteiger partial charge in [-0.3, -0.25) is 23.9 Å². The van der Waals surface area contributed by atoms with Gasteiger partial charge in [-0.05, 0) is 68.1 Å². The molecule has 11 heteroatoms. The van der Waals surface area contributed by atoms with Crippen molar-refractivity contribution >= 4 is 29.3 Å². The van der Waals surface area contributed by atoms with E-state index in [4.69, 9.17) is 5.73 Å². The number of carbonyl (C=O) groups excluding carboxylic acids is 4. The van der Waals surface area contributed by atoms with E-state index in [0.29, 0.717) is 11.4 Å². The number of aromatic nitrogens is 2. The lowest BCUT2D eigenvalue weighted by Crippen LogP contribution is -2.49. The van der Waals surface area contributed by atoms with Gasteiger partial charge in [0.15, 0.2) is 0 Å². The second-order valence-electron chi connectivity index (χ2n) is 12.5. The first-order valence-electron chi connectivity index (χ1n) is 18.1. The Morgan fingerprint density at radius 1 is 0.940 bits per heavy atom. The van der Waals surface area contributed by atoms with Gasteiger partial charge in [-0.1, -0.05) is 95.8 Å². The van der Waals surface area contributed by atoms with Crippen molar-refractivity contribution in [3.05, 3.63) is 83.7 Å². The van der Waals surface area contributed by atoms with Crippen molar-refractivity contribution in [2.24, 2.45) is 18.7 Å². The topological polar surface area (TPSA) is 151 Å². The molecule has 2 atom stereocenters. The van der Waals surface area contributed by atoms with Gasteiger partial charge in [0.25, 0.3) is 5.91 Å².